The lowest BCUT2D eigenvalue weighted by Crippen LogP contribution is -2.52. The first-order chi connectivity index (χ1) is 26.5. The van der Waals surface area contributed by atoms with Crippen molar-refractivity contribution < 1.29 is 38.1 Å². The second kappa shape index (κ2) is 16.0. The predicted molar refractivity (Wildman–Crippen MR) is 209 cm³/mol. The predicted octanol–water partition coefficient (Wildman–Crippen LogP) is 8.39. The first-order valence-corrected chi connectivity index (χ1v) is 19.3. The SMILES string of the molecule is COCC(CCO)c1cc2ccc3c(c2oc1=O)C1OC(=O)CC2CC(c4ccccc4)C=CC2c2ccc(cc2)CCC(=C(C)C)C(=O)OC1C(C)(C)O3. The Bertz CT molecular complexity index is 2150. The van der Waals surface area contributed by atoms with Gasteiger partial charge in [-0.1, -0.05) is 72.3 Å². The number of carbonyl (C=O) groups is 2. The Labute approximate surface area is 321 Å². The van der Waals surface area contributed by atoms with Crippen molar-refractivity contribution in [2.75, 3.05) is 20.3 Å². The van der Waals surface area contributed by atoms with Crippen molar-refractivity contribution >= 4 is 22.9 Å². The molecule has 55 heavy (non-hydrogen) atoms. The van der Waals surface area contributed by atoms with E-state index in [0.717, 1.165) is 23.1 Å². The Kier molecular flexibility index (Phi) is 11.1. The van der Waals surface area contributed by atoms with E-state index >= 15 is 0 Å². The molecule has 6 unspecified atom stereocenters. The minimum absolute atomic E-state index is 0.0221. The molecule has 0 amide bonds. The summed E-state index contributed by atoms with van der Waals surface area (Å²) in [5, 5.41) is 10.3. The molecule has 3 aromatic carbocycles. The van der Waals surface area contributed by atoms with Gasteiger partial charge in [0, 0.05) is 54.4 Å². The summed E-state index contributed by atoms with van der Waals surface area (Å²) in [7, 11) is 1.54. The van der Waals surface area contributed by atoms with E-state index in [-0.39, 0.29) is 43.0 Å². The number of esters is 2. The van der Waals surface area contributed by atoms with E-state index in [1.165, 1.54) is 5.56 Å². The van der Waals surface area contributed by atoms with Crippen LogP contribution in [0.4, 0.5) is 0 Å². The number of hydrogen-bond donors (Lipinski definition) is 1. The molecule has 288 valence electrons. The van der Waals surface area contributed by atoms with Crippen molar-refractivity contribution in [1.29, 1.82) is 0 Å². The molecule has 0 saturated carbocycles. The van der Waals surface area contributed by atoms with Gasteiger partial charge in [-0.3, -0.25) is 4.79 Å². The van der Waals surface area contributed by atoms with Gasteiger partial charge in [0.1, 0.15) is 16.9 Å². The standard InChI is InChI=1S/C46H50O9/c1-27(2)35-18-13-28-11-14-30(15-12-28)36-19-16-31(29-9-7-6-8-10-29)23-34(36)25-39(48)52-42-40-38(55-46(3,4)43(42)54-44(35)49)20-17-32-24-37(45(50)53-41(32)40)33(21-22-47)26-51-5/h6-12,14-17,19-20,24,31,33-34,36,42-43,47H,13,18,21-23,25-26H2,1-5H3. The van der Waals surface area contributed by atoms with Crippen molar-refractivity contribution in [2.24, 2.45) is 5.92 Å². The highest BCUT2D eigenvalue weighted by atomic mass is 16.6. The smallest absolute Gasteiger partial charge is 0.339 e. The van der Waals surface area contributed by atoms with E-state index in [1.807, 2.05) is 32.0 Å². The topological polar surface area (TPSA) is 122 Å². The third-order valence-electron chi connectivity index (χ3n) is 11.5. The third kappa shape index (κ3) is 7.91. The molecule has 3 aliphatic heterocycles. The van der Waals surface area contributed by atoms with Gasteiger partial charge in [-0.2, -0.15) is 0 Å². The van der Waals surface area contributed by atoms with Crippen LogP contribution < -0.4 is 10.4 Å². The molecule has 8 rings (SSSR count). The highest BCUT2D eigenvalue weighted by Crippen LogP contribution is 2.48. The maximum atomic E-state index is 14.5. The molecule has 4 heterocycles. The van der Waals surface area contributed by atoms with Crippen LogP contribution in [-0.4, -0.2) is 49.1 Å². The molecule has 2 bridgehead atoms. The Hall–Kier alpha value is -4.99. The fraction of sp³-hybridized carbons (Fsp3) is 0.413. The van der Waals surface area contributed by atoms with E-state index in [0.29, 0.717) is 47.1 Å². The average Bonchev–Trinajstić information content (AvgIpc) is 3.16. The monoisotopic (exact) mass is 746 g/mol. The zero-order valence-electron chi connectivity index (χ0n) is 32.2. The van der Waals surface area contributed by atoms with Crippen LogP contribution in [0.2, 0.25) is 0 Å². The molecule has 4 aliphatic rings. The van der Waals surface area contributed by atoms with Gasteiger partial charge in [0.25, 0.3) is 0 Å². The van der Waals surface area contributed by atoms with E-state index in [2.05, 4.69) is 48.6 Å². The molecule has 0 saturated heterocycles. The summed E-state index contributed by atoms with van der Waals surface area (Å²) in [6.07, 6.45) is 4.46. The van der Waals surface area contributed by atoms with Gasteiger partial charge in [0.05, 0.1) is 12.2 Å². The first kappa shape index (κ1) is 38.3. The number of carbonyl (C=O) groups excluding carboxylic acids is 2. The van der Waals surface area contributed by atoms with Crippen molar-refractivity contribution in [1.82, 2.24) is 0 Å². The van der Waals surface area contributed by atoms with E-state index in [9.17, 15) is 19.5 Å². The summed E-state index contributed by atoms with van der Waals surface area (Å²) < 4.78 is 30.9. The summed E-state index contributed by atoms with van der Waals surface area (Å²) in [6.45, 7) is 7.47. The zero-order valence-corrected chi connectivity index (χ0v) is 32.2. The molecule has 6 atom stereocenters. The number of allylic oxidation sites excluding steroid dienone is 3. The summed E-state index contributed by atoms with van der Waals surface area (Å²) in [6, 6.07) is 24.1. The van der Waals surface area contributed by atoms with Crippen molar-refractivity contribution in [3.8, 4) is 5.75 Å². The average molecular weight is 747 g/mol. The molecule has 9 heteroatoms. The van der Waals surface area contributed by atoms with Gasteiger partial charge >= 0.3 is 17.6 Å². The second-order valence-corrected chi connectivity index (χ2v) is 15.8. The van der Waals surface area contributed by atoms with Crippen LogP contribution in [0.5, 0.6) is 5.75 Å². The molecule has 4 aromatic rings. The van der Waals surface area contributed by atoms with Crippen LogP contribution >= 0.6 is 0 Å². The molecule has 9 nitrogen and oxygen atoms in total. The van der Waals surface area contributed by atoms with Crippen LogP contribution in [0.3, 0.4) is 0 Å². The Morgan fingerprint density at radius 1 is 0.927 bits per heavy atom. The fourth-order valence-corrected chi connectivity index (χ4v) is 8.54. The molecule has 0 fully saturated rings. The summed E-state index contributed by atoms with van der Waals surface area (Å²) in [4.78, 5) is 42.3. The minimum Gasteiger partial charge on any atom is -0.483 e. The molecule has 1 N–H and O–H groups in total. The number of ether oxygens (including phenoxy) is 4. The van der Waals surface area contributed by atoms with E-state index in [1.54, 1.807) is 39.2 Å². The van der Waals surface area contributed by atoms with Crippen LogP contribution in [0.15, 0.2) is 105 Å². The van der Waals surface area contributed by atoms with Gasteiger partial charge in [-0.15, -0.1) is 0 Å². The number of benzene rings is 3. The van der Waals surface area contributed by atoms with Crippen LogP contribution in [0, 0.1) is 5.92 Å². The molecular weight excluding hydrogens is 696 g/mol. The maximum Gasteiger partial charge on any atom is 0.339 e. The first-order valence-electron chi connectivity index (χ1n) is 19.3. The molecule has 0 radical (unpaired) electrons. The largest absolute Gasteiger partial charge is 0.483 e. The number of aliphatic hydroxyl groups excluding tert-OH is 1. The summed E-state index contributed by atoms with van der Waals surface area (Å²) >= 11 is 0. The zero-order chi connectivity index (χ0) is 38.9. The third-order valence-corrected chi connectivity index (χ3v) is 11.5. The van der Waals surface area contributed by atoms with Crippen molar-refractivity contribution in [3.05, 3.63) is 134 Å². The van der Waals surface area contributed by atoms with Crippen LogP contribution in [0.25, 0.3) is 11.0 Å². The number of methoxy groups -OCH3 is 1. The van der Waals surface area contributed by atoms with Gasteiger partial charge in [-0.25, -0.2) is 9.59 Å². The normalized spacial score (nSPS) is 24.2. The van der Waals surface area contributed by atoms with E-state index in [4.69, 9.17) is 23.4 Å². The van der Waals surface area contributed by atoms with Gasteiger partial charge in [0.2, 0.25) is 0 Å². The Morgan fingerprint density at radius 3 is 2.40 bits per heavy atom. The quantitative estimate of drug-likeness (QED) is 0.0898. The number of rotatable bonds is 6. The van der Waals surface area contributed by atoms with Gasteiger partial charge in [0.15, 0.2) is 12.2 Å². The lowest BCUT2D eigenvalue weighted by Gasteiger charge is -2.43. The highest BCUT2D eigenvalue weighted by molar-refractivity contribution is 5.90. The number of hydrogen-bond acceptors (Lipinski definition) is 9. The summed E-state index contributed by atoms with van der Waals surface area (Å²) in [5.74, 6) is -1.01. The number of aryl methyl sites for hydroxylation is 1. The second-order valence-electron chi connectivity index (χ2n) is 15.8. The maximum absolute atomic E-state index is 14.5. The Morgan fingerprint density at radius 2 is 1.69 bits per heavy atom. The molecule has 1 aromatic heterocycles. The van der Waals surface area contributed by atoms with Crippen molar-refractivity contribution in [2.45, 2.75) is 95.4 Å². The van der Waals surface area contributed by atoms with Crippen LogP contribution in [0.1, 0.15) is 105 Å². The number of aliphatic hydroxyl groups is 1. The summed E-state index contributed by atoms with van der Waals surface area (Å²) in [5.41, 5.74) is 3.88. The molecular formula is C46H50O9. The van der Waals surface area contributed by atoms with Crippen LogP contribution in [-0.2, 0) is 30.2 Å². The van der Waals surface area contributed by atoms with Crippen molar-refractivity contribution in [3.63, 3.8) is 0 Å². The molecule has 0 spiro atoms. The molecule has 1 aliphatic carbocycles. The highest BCUT2D eigenvalue weighted by Gasteiger charge is 2.51. The van der Waals surface area contributed by atoms with E-state index < -0.39 is 41.3 Å². The minimum atomic E-state index is -1.16. The lowest BCUT2D eigenvalue weighted by molar-refractivity contribution is -0.188. The fourth-order valence-electron chi connectivity index (χ4n) is 8.54. The van der Waals surface area contributed by atoms with Gasteiger partial charge in [-0.05, 0) is 94.2 Å². The lowest BCUT2D eigenvalue weighted by atomic mass is 9.72. The van der Waals surface area contributed by atoms with Gasteiger partial charge < -0.3 is 28.5 Å². The Balaban J connectivity index is 1.35. The number of fused-ring (bicyclic) bond motifs is 11.